The lowest BCUT2D eigenvalue weighted by molar-refractivity contribution is -0.114. The van der Waals surface area contributed by atoms with Gasteiger partial charge in [0, 0.05) is 20.3 Å². The summed E-state index contributed by atoms with van der Waals surface area (Å²) in [7, 11) is -2.53. The van der Waals surface area contributed by atoms with Crippen molar-refractivity contribution in [1.82, 2.24) is 5.32 Å². The van der Waals surface area contributed by atoms with Crippen LogP contribution in [0.25, 0.3) is 0 Å². The minimum Gasteiger partial charge on any atom is -0.385 e. The molecule has 0 aromatic heterocycles. The zero-order chi connectivity index (χ0) is 25.3. The lowest BCUT2D eigenvalue weighted by atomic mass is 10.1. The third-order valence-electron chi connectivity index (χ3n) is 5.00. The molecule has 184 valence electrons. The fourth-order valence-corrected chi connectivity index (χ4v) is 5.05. The van der Waals surface area contributed by atoms with Crippen molar-refractivity contribution in [2.45, 2.75) is 11.3 Å². The average Bonchev–Trinajstić information content (AvgIpc) is 2.86. The Morgan fingerprint density at radius 3 is 2.31 bits per heavy atom. The monoisotopic (exact) mass is 515 g/mol. The molecule has 0 bridgehead atoms. The first-order chi connectivity index (χ1) is 16.8. The van der Waals surface area contributed by atoms with Gasteiger partial charge in [0.25, 0.3) is 15.9 Å². The Morgan fingerprint density at radius 1 is 0.943 bits per heavy atom. The van der Waals surface area contributed by atoms with E-state index in [1.165, 1.54) is 18.2 Å². The Labute approximate surface area is 209 Å². The normalized spacial score (nSPS) is 11.0. The summed E-state index contributed by atoms with van der Waals surface area (Å²) < 4.78 is 32.8. The van der Waals surface area contributed by atoms with Crippen LogP contribution in [0.5, 0.6) is 0 Å². The van der Waals surface area contributed by atoms with Crippen LogP contribution in [0.15, 0.2) is 83.8 Å². The molecule has 0 spiro atoms. The second-order valence-corrected chi connectivity index (χ2v) is 9.74. The van der Waals surface area contributed by atoms with Crippen LogP contribution in [-0.2, 0) is 19.6 Å². The van der Waals surface area contributed by atoms with Crippen LogP contribution in [0.4, 0.5) is 11.4 Å². The Morgan fingerprint density at radius 2 is 1.60 bits per heavy atom. The number of amides is 2. The highest BCUT2D eigenvalue weighted by atomic mass is 35.5. The molecule has 8 nitrogen and oxygen atoms in total. The maximum absolute atomic E-state index is 13.4. The summed E-state index contributed by atoms with van der Waals surface area (Å²) >= 11 is 6.29. The first kappa shape index (κ1) is 26.2. The van der Waals surface area contributed by atoms with Crippen molar-refractivity contribution in [3.8, 4) is 0 Å². The van der Waals surface area contributed by atoms with E-state index >= 15 is 0 Å². The number of methoxy groups -OCH3 is 1. The van der Waals surface area contributed by atoms with E-state index in [0.717, 1.165) is 4.31 Å². The maximum atomic E-state index is 13.4. The summed E-state index contributed by atoms with van der Waals surface area (Å²) in [5.74, 6) is -0.999. The van der Waals surface area contributed by atoms with E-state index in [9.17, 15) is 18.0 Å². The third kappa shape index (κ3) is 6.82. The van der Waals surface area contributed by atoms with Gasteiger partial charge in [0.1, 0.15) is 6.54 Å². The molecule has 0 saturated heterocycles. The van der Waals surface area contributed by atoms with Crippen molar-refractivity contribution in [2.75, 3.05) is 36.4 Å². The Bertz CT molecular complexity index is 1270. The number of anilines is 2. The number of carbonyl (C=O) groups is 2. The van der Waals surface area contributed by atoms with E-state index in [4.69, 9.17) is 16.3 Å². The van der Waals surface area contributed by atoms with Crippen LogP contribution >= 0.6 is 11.6 Å². The van der Waals surface area contributed by atoms with Crippen LogP contribution in [0, 0.1) is 0 Å². The van der Waals surface area contributed by atoms with Gasteiger partial charge < -0.3 is 15.4 Å². The molecule has 0 fully saturated rings. The fourth-order valence-electron chi connectivity index (χ4n) is 3.30. The van der Waals surface area contributed by atoms with E-state index in [0.29, 0.717) is 19.6 Å². The van der Waals surface area contributed by atoms with E-state index < -0.39 is 22.5 Å². The lowest BCUT2D eigenvalue weighted by Crippen LogP contribution is -2.38. The number of rotatable bonds is 11. The SMILES string of the molecule is COCCCNC(=O)c1ccccc1NC(=O)CN(c1ccccc1Cl)S(=O)(=O)c1ccccc1. The molecule has 0 aliphatic heterocycles. The smallest absolute Gasteiger partial charge is 0.264 e. The molecular formula is C25H26ClN3O5S. The second kappa shape index (κ2) is 12.3. The van der Waals surface area contributed by atoms with Gasteiger partial charge in [0.15, 0.2) is 0 Å². The minimum atomic E-state index is -4.11. The zero-order valence-corrected chi connectivity index (χ0v) is 20.7. The number of sulfonamides is 1. The van der Waals surface area contributed by atoms with E-state index in [2.05, 4.69) is 10.6 Å². The largest absolute Gasteiger partial charge is 0.385 e. The van der Waals surface area contributed by atoms with E-state index in [1.54, 1.807) is 67.8 Å². The molecule has 0 unspecified atom stereocenters. The number of hydrogen-bond acceptors (Lipinski definition) is 5. The molecule has 35 heavy (non-hydrogen) atoms. The quantitative estimate of drug-likeness (QED) is 0.376. The number of hydrogen-bond donors (Lipinski definition) is 2. The van der Waals surface area contributed by atoms with Crippen molar-refractivity contribution in [1.29, 1.82) is 0 Å². The molecule has 2 N–H and O–H groups in total. The highest BCUT2D eigenvalue weighted by molar-refractivity contribution is 7.92. The summed E-state index contributed by atoms with van der Waals surface area (Å²) in [4.78, 5) is 25.7. The number of halogens is 1. The van der Waals surface area contributed by atoms with Gasteiger partial charge in [-0.25, -0.2) is 8.42 Å². The van der Waals surface area contributed by atoms with E-state index in [1.807, 2.05) is 0 Å². The predicted molar refractivity (Wildman–Crippen MR) is 136 cm³/mol. The van der Waals surface area contributed by atoms with Crippen LogP contribution < -0.4 is 14.9 Å². The van der Waals surface area contributed by atoms with Gasteiger partial charge in [-0.05, 0) is 42.8 Å². The zero-order valence-electron chi connectivity index (χ0n) is 19.1. The molecular weight excluding hydrogens is 490 g/mol. The van der Waals surface area contributed by atoms with Crippen LogP contribution in [0.1, 0.15) is 16.8 Å². The molecule has 0 atom stereocenters. The van der Waals surface area contributed by atoms with Crippen LogP contribution in [0.2, 0.25) is 5.02 Å². The number of ether oxygens (including phenoxy) is 1. The number of para-hydroxylation sites is 2. The fraction of sp³-hybridized carbons (Fsp3) is 0.200. The summed E-state index contributed by atoms with van der Waals surface area (Å²) in [5, 5.41) is 5.61. The van der Waals surface area contributed by atoms with Gasteiger partial charge in [-0.1, -0.05) is 54.1 Å². The van der Waals surface area contributed by atoms with Gasteiger partial charge in [-0.3, -0.25) is 13.9 Å². The average molecular weight is 516 g/mol. The molecule has 0 heterocycles. The summed E-state index contributed by atoms with van der Waals surface area (Å²) in [6, 6.07) is 20.7. The molecule has 10 heteroatoms. The third-order valence-corrected chi connectivity index (χ3v) is 7.09. The van der Waals surface area contributed by atoms with Gasteiger partial charge >= 0.3 is 0 Å². The first-order valence-corrected chi connectivity index (χ1v) is 12.6. The predicted octanol–water partition coefficient (Wildman–Crippen LogP) is 3.94. The summed E-state index contributed by atoms with van der Waals surface area (Å²) in [5.41, 5.74) is 0.684. The van der Waals surface area contributed by atoms with Gasteiger partial charge in [-0.2, -0.15) is 0 Å². The van der Waals surface area contributed by atoms with Gasteiger partial charge in [0.05, 0.1) is 26.9 Å². The minimum absolute atomic E-state index is 0.0172. The highest BCUT2D eigenvalue weighted by Crippen LogP contribution is 2.30. The Hall–Kier alpha value is -3.40. The molecule has 2 amide bonds. The number of benzene rings is 3. The van der Waals surface area contributed by atoms with Gasteiger partial charge in [0.2, 0.25) is 5.91 Å². The molecule has 0 aliphatic carbocycles. The molecule has 3 rings (SSSR count). The van der Waals surface area contributed by atoms with Crippen LogP contribution in [-0.4, -0.2) is 47.0 Å². The number of carbonyl (C=O) groups excluding carboxylic acids is 2. The van der Waals surface area contributed by atoms with Crippen molar-refractivity contribution in [3.05, 3.63) is 89.4 Å². The molecule has 0 saturated carbocycles. The first-order valence-electron chi connectivity index (χ1n) is 10.8. The highest BCUT2D eigenvalue weighted by Gasteiger charge is 2.29. The lowest BCUT2D eigenvalue weighted by Gasteiger charge is -2.25. The maximum Gasteiger partial charge on any atom is 0.264 e. The number of nitrogens with zero attached hydrogens (tertiary/aromatic N) is 1. The summed E-state index contributed by atoms with van der Waals surface area (Å²) in [6.07, 6.45) is 0.640. The van der Waals surface area contributed by atoms with Gasteiger partial charge in [-0.15, -0.1) is 0 Å². The Kier molecular flexibility index (Phi) is 9.25. The van der Waals surface area contributed by atoms with Crippen molar-refractivity contribution in [3.63, 3.8) is 0 Å². The second-order valence-electron chi connectivity index (χ2n) is 7.47. The van der Waals surface area contributed by atoms with Crippen molar-refractivity contribution >= 4 is 44.8 Å². The van der Waals surface area contributed by atoms with Crippen molar-refractivity contribution < 1.29 is 22.7 Å². The van der Waals surface area contributed by atoms with Crippen molar-refractivity contribution in [2.24, 2.45) is 0 Å². The summed E-state index contributed by atoms with van der Waals surface area (Å²) in [6.45, 7) is 0.363. The Balaban J connectivity index is 1.85. The number of nitrogens with one attached hydrogen (secondary N) is 2. The van der Waals surface area contributed by atoms with Crippen LogP contribution in [0.3, 0.4) is 0 Å². The molecule has 3 aromatic rings. The molecule has 0 aliphatic rings. The topological polar surface area (TPSA) is 105 Å². The van der Waals surface area contributed by atoms with E-state index in [-0.39, 0.29) is 32.8 Å². The molecule has 3 aromatic carbocycles. The molecule has 0 radical (unpaired) electrons. The standard InChI is InChI=1S/C25H26ClN3O5S/c1-34-17-9-16-27-25(31)20-12-5-7-14-22(20)28-24(30)18-29(23-15-8-6-13-21(23)26)35(32,33)19-10-3-2-4-11-19/h2-8,10-15H,9,16-18H2,1H3,(H,27,31)(H,28,30).